The molecule has 0 amide bonds. The molecule has 0 spiro atoms. The van der Waals surface area contributed by atoms with Crippen LogP contribution in [0.3, 0.4) is 0 Å². The van der Waals surface area contributed by atoms with Crippen molar-refractivity contribution in [3.05, 3.63) is 112 Å². The van der Waals surface area contributed by atoms with Crippen LogP contribution in [0.4, 0.5) is 0 Å². The van der Waals surface area contributed by atoms with Crippen molar-refractivity contribution in [3.8, 4) is 0 Å². The van der Waals surface area contributed by atoms with E-state index in [1.54, 1.807) is 13.1 Å². The number of amidine groups is 1. The minimum Gasteiger partial charge on any atom is -0.383 e. The van der Waals surface area contributed by atoms with Gasteiger partial charge in [0.05, 0.1) is 29.7 Å². The van der Waals surface area contributed by atoms with E-state index in [4.69, 9.17) is 5.73 Å². The number of likely N-dealkylation sites (N-methyl/N-ethyl adjacent to an activating group) is 1. The van der Waals surface area contributed by atoms with E-state index in [9.17, 15) is 4.79 Å². The van der Waals surface area contributed by atoms with Crippen molar-refractivity contribution in [2.75, 3.05) is 27.3 Å². The van der Waals surface area contributed by atoms with Crippen LogP contribution >= 0.6 is 0 Å². The molecule has 6 nitrogen and oxygen atoms in total. The Morgan fingerprint density at radius 3 is 2.31 bits per heavy atom. The lowest BCUT2D eigenvalue weighted by atomic mass is 9.88. The van der Waals surface area contributed by atoms with Gasteiger partial charge < -0.3 is 20.5 Å². The first kappa shape index (κ1) is 25.2. The number of allylic oxidation sites excluding steroid dienone is 2. The standard InChI is InChI=1S/C30H35N5O/c1-20(2)26-18-34(5)29(25-16-27(36)24(17-35(25)26)30(31)33-19-32-4)28(23-14-10-7-11-15-23)21(3)22-12-8-6-9-13-22/h6-17,20,26,32H,3,18-19H2,1-2,4-5H3,(H2,31,33)/b29-28+/t26-/m0/s1. The Morgan fingerprint density at radius 2 is 1.72 bits per heavy atom. The number of rotatable bonds is 7. The summed E-state index contributed by atoms with van der Waals surface area (Å²) in [6.07, 6.45) is 1.89. The van der Waals surface area contributed by atoms with Gasteiger partial charge in [-0.3, -0.25) is 9.79 Å². The van der Waals surface area contributed by atoms with Crippen molar-refractivity contribution in [1.29, 1.82) is 0 Å². The summed E-state index contributed by atoms with van der Waals surface area (Å²) in [5.41, 5.74) is 12.3. The van der Waals surface area contributed by atoms with Gasteiger partial charge in [0.25, 0.3) is 0 Å². The fourth-order valence-corrected chi connectivity index (χ4v) is 4.80. The summed E-state index contributed by atoms with van der Waals surface area (Å²) in [5.74, 6) is 0.588. The Kier molecular flexibility index (Phi) is 7.55. The third kappa shape index (κ3) is 4.90. The first-order chi connectivity index (χ1) is 17.3. The number of nitrogens with zero attached hydrogens (tertiary/aromatic N) is 3. The van der Waals surface area contributed by atoms with E-state index in [1.807, 2.05) is 42.6 Å². The van der Waals surface area contributed by atoms with E-state index in [0.717, 1.165) is 40.2 Å². The normalized spacial score (nSPS) is 17.2. The fourth-order valence-electron chi connectivity index (χ4n) is 4.80. The highest BCUT2D eigenvalue weighted by Crippen LogP contribution is 2.41. The molecule has 1 aliphatic rings. The number of aliphatic imine (C=N–C) groups is 1. The largest absolute Gasteiger partial charge is 0.383 e. The molecule has 1 aliphatic heterocycles. The highest BCUT2D eigenvalue weighted by atomic mass is 16.1. The highest BCUT2D eigenvalue weighted by molar-refractivity contribution is 6.13. The summed E-state index contributed by atoms with van der Waals surface area (Å²) >= 11 is 0. The van der Waals surface area contributed by atoms with Crippen LogP contribution in [0.2, 0.25) is 0 Å². The lowest BCUT2D eigenvalue weighted by Crippen LogP contribution is -2.39. The number of nitrogens with two attached hydrogens (primary N) is 1. The van der Waals surface area contributed by atoms with E-state index in [1.165, 1.54) is 0 Å². The lowest BCUT2D eigenvalue weighted by Gasteiger charge is -2.41. The molecule has 4 rings (SSSR count). The van der Waals surface area contributed by atoms with Crippen molar-refractivity contribution in [1.82, 2.24) is 14.8 Å². The van der Waals surface area contributed by atoms with Gasteiger partial charge in [0, 0.05) is 31.4 Å². The van der Waals surface area contributed by atoms with Gasteiger partial charge in [-0.25, -0.2) is 0 Å². The Morgan fingerprint density at radius 1 is 1.11 bits per heavy atom. The van der Waals surface area contributed by atoms with Gasteiger partial charge >= 0.3 is 0 Å². The van der Waals surface area contributed by atoms with Crippen LogP contribution < -0.4 is 16.5 Å². The smallest absolute Gasteiger partial charge is 0.193 e. The Hall–Kier alpha value is -3.90. The predicted octanol–water partition coefficient (Wildman–Crippen LogP) is 4.45. The second kappa shape index (κ2) is 10.8. The number of hydrogen-bond donors (Lipinski definition) is 2. The molecule has 0 saturated heterocycles. The summed E-state index contributed by atoms with van der Waals surface area (Å²) in [6.45, 7) is 10.1. The number of hydrogen-bond acceptors (Lipinski definition) is 4. The quantitative estimate of drug-likeness (QED) is 0.386. The van der Waals surface area contributed by atoms with Gasteiger partial charge in [0.1, 0.15) is 5.84 Å². The SMILES string of the molecule is C=C(/C(=C1/c2cc(=O)c(/C(N)=N/CNC)cn2[C@H](C(C)C)CN1C)c1ccccc1)c1ccccc1. The molecule has 186 valence electrons. The van der Waals surface area contributed by atoms with Gasteiger partial charge in [-0.15, -0.1) is 0 Å². The lowest BCUT2D eigenvalue weighted by molar-refractivity contribution is 0.270. The van der Waals surface area contributed by atoms with Gasteiger partial charge in [-0.1, -0.05) is 81.1 Å². The molecule has 0 radical (unpaired) electrons. The molecular formula is C30H35N5O. The molecule has 6 heteroatoms. The third-order valence-electron chi connectivity index (χ3n) is 6.70. The number of aromatic nitrogens is 1. The van der Waals surface area contributed by atoms with Crippen LogP contribution in [0.1, 0.15) is 42.3 Å². The van der Waals surface area contributed by atoms with Crippen molar-refractivity contribution >= 4 is 22.7 Å². The van der Waals surface area contributed by atoms with E-state index in [-0.39, 0.29) is 17.3 Å². The summed E-state index contributed by atoms with van der Waals surface area (Å²) < 4.78 is 2.21. The molecule has 1 aromatic heterocycles. The second-order valence-electron chi connectivity index (χ2n) is 9.52. The van der Waals surface area contributed by atoms with E-state index in [2.05, 4.69) is 71.5 Å². The molecule has 0 aliphatic carbocycles. The van der Waals surface area contributed by atoms with Crippen molar-refractivity contribution in [3.63, 3.8) is 0 Å². The minimum absolute atomic E-state index is 0.147. The summed E-state index contributed by atoms with van der Waals surface area (Å²) in [7, 11) is 3.89. The first-order valence-corrected chi connectivity index (χ1v) is 12.3. The highest BCUT2D eigenvalue weighted by Gasteiger charge is 2.32. The molecule has 3 aromatic rings. The molecule has 2 heterocycles. The summed E-state index contributed by atoms with van der Waals surface area (Å²) in [6, 6.07) is 22.3. The molecular weight excluding hydrogens is 446 g/mol. The van der Waals surface area contributed by atoms with Crippen molar-refractivity contribution < 1.29 is 0 Å². The maximum Gasteiger partial charge on any atom is 0.193 e. The predicted molar refractivity (Wildman–Crippen MR) is 151 cm³/mol. The van der Waals surface area contributed by atoms with Crippen LogP contribution in [-0.2, 0) is 0 Å². The van der Waals surface area contributed by atoms with Crippen LogP contribution in [-0.4, -0.2) is 42.6 Å². The third-order valence-corrected chi connectivity index (χ3v) is 6.70. The van der Waals surface area contributed by atoms with Crippen LogP contribution in [0.25, 0.3) is 16.8 Å². The summed E-state index contributed by atoms with van der Waals surface area (Å²) in [5, 5.41) is 2.95. The Balaban J connectivity index is 2.04. The van der Waals surface area contributed by atoms with Crippen molar-refractivity contribution in [2.24, 2.45) is 16.6 Å². The zero-order chi connectivity index (χ0) is 25.8. The Labute approximate surface area is 213 Å². The second-order valence-corrected chi connectivity index (χ2v) is 9.52. The zero-order valence-electron chi connectivity index (χ0n) is 21.5. The molecule has 0 saturated carbocycles. The Bertz CT molecular complexity index is 1350. The van der Waals surface area contributed by atoms with E-state index in [0.29, 0.717) is 18.2 Å². The van der Waals surface area contributed by atoms with Gasteiger partial charge in [-0.2, -0.15) is 0 Å². The molecule has 0 unspecified atom stereocenters. The molecule has 0 fully saturated rings. The number of benzene rings is 2. The number of pyridine rings is 1. The monoisotopic (exact) mass is 481 g/mol. The molecule has 0 bridgehead atoms. The van der Waals surface area contributed by atoms with Gasteiger partial charge in [-0.05, 0) is 29.7 Å². The number of fused-ring (bicyclic) bond motifs is 1. The number of nitrogens with one attached hydrogen (secondary N) is 1. The maximum absolute atomic E-state index is 13.4. The zero-order valence-corrected chi connectivity index (χ0v) is 21.5. The van der Waals surface area contributed by atoms with Crippen LogP contribution in [0.15, 0.2) is 89.3 Å². The fraction of sp³-hybridized carbons (Fsp3) is 0.267. The minimum atomic E-state index is -0.147. The average molecular weight is 482 g/mol. The van der Waals surface area contributed by atoms with Crippen LogP contribution in [0.5, 0.6) is 0 Å². The van der Waals surface area contributed by atoms with E-state index >= 15 is 0 Å². The molecule has 3 N–H and O–H groups in total. The topological polar surface area (TPSA) is 75.6 Å². The molecule has 36 heavy (non-hydrogen) atoms. The average Bonchev–Trinajstić information content (AvgIpc) is 2.89. The van der Waals surface area contributed by atoms with Crippen molar-refractivity contribution in [2.45, 2.75) is 19.9 Å². The molecule has 1 atom stereocenters. The van der Waals surface area contributed by atoms with Gasteiger partial charge in [0.2, 0.25) is 0 Å². The maximum atomic E-state index is 13.4. The van der Waals surface area contributed by atoms with E-state index < -0.39 is 0 Å². The summed E-state index contributed by atoms with van der Waals surface area (Å²) in [4.78, 5) is 19.9. The molecule has 2 aromatic carbocycles. The van der Waals surface area contributed by atoms with Crippen LogP contribution in [0, 0.1) is 5.92 Å². The van der Waals surface area contributed by atoms with Gasteiger partial charge in [0.15, 0.2) is 5.43 Å². The first-order valence-electron chi connectivity index (χ1n) is 12.3.